The highest BCUT2D eigenvalue weighted by molar-refractivity contribution is 5.78. The van der Waals surface area contributed by atoms with Crippen LogP contribution in [0.2, 0.25) is 0 Å². The van der Waals surface area contributed by atoms with E-state index in [4.69, 9.17) is 4.74 Å². The predicted molar refractivity (Wildman–Crippen MR) is 118 cm³/mol. The Labute approximate surface area is 184 Å². The SMILES string of the molecule is CCOC(=O)Cc1cc(-c2ccccc2)n(-c2c(-c3ccccc3)n[nH]c2CC(=O)O)n1. The van der Waals surface area contributed by atoms with E-state index in [-0.39, 0.29) is 25.4 Å². The van der Waals surface area contributed by atoms with E-state index in [1.165, 1.54) is 0 Å². The summed E-state index contributed by atoms with van der Waals surface area (Å²) in [6, 6.07) is 20.9. The van der Waals surface area contributed by atoms with Crippen molar-refractivity contribution in [3.05, 3.63) is 78.1 Å². The van der Waals surface area contributed by atoms with Crippen LogP contribution in [0, 0.1) is 0 Å². The molecule has 32 heavy (non-hydrogen) atoms. The summed E-state index contributed by atoms with van der Waals surface area (Å²) in [6.07, 6.45) is -0.246. The summed E-state index contributed by atoms with van der Waals surface area (Å²) in [6.45, 7) is 2.04. The average Bonchev–Trinajstić information content (AvgIpc) is 3.38. The summed E-state index contributed by atoms with van der Waals surface area (Å²) in [7, 11) is 0. The highest BCUT2D eigenvalue weighted by Crippen LogP contribution is 2.32. The second-order valence-electron chi connectivity index (χ2n) is 7.12. The average molecular weight is 430 g/mol. The summed E-state index contributed by atoms with van der Waals surface area (Å²) < 4.78 is 6.74. The molecule has 2 aromatic heterocycles. The van der Waals surface area contributed by atoms with Crippen molar-refractivity contribution in [2.24, 2.45) is 0 Å². The largest absolute Gasteiger partial charge is 0.481 e. The minimum Gasteiger partial charge on any atom is -0.481 e. The maximum atomic E-state index is 12.1. The summed E-state index contributed by atoms with van der Waals surface area (Å²) >= 11 is 0. The molecule has 0 saturated carbocycles. The van der Waals surface area contributed by atoms with Gasteiger partial charge in [-0.2, -0.15) is 10.2 Å². The number of aromatic nitrogens is 4. The van der Waals surface area contributed by atoms with Gasteiger partial charge in [0.15, 0.2) is 0 Å². The number of H-pyrrole nitrogens is 1. The van der Waals surface area contributed by atoms with E-state index >= 15 is 0 Å². The molecule has 8 heteroatoms. The molecule has 0 amide bonds. The fourth-order valence-corrected chi connectivity index (χ4v) is 3.53. The molecule has 0 spiro atoms. The van der Waals surface area contributed by atoms with Crippen molar-refractivity contribution in [3.8, 4) is 28.2 Å². The van der Waals surface area contributed by atoms with Crippen LogP contribution in [0.25, 0.3) is 28.2 Å². The number of nitrogens with zero attached hydrogens (tertiary/aromatic N) is 3. The van der Waals surface area contributed by atoms with Crippen molar-refractivity contribution < 1.29 is 19.4 Å². The Balaban J connectivity index is 1.91. The van der Waals surface area contributed by atoms with E-state index in [1.807, 2.05) is 66.7 Å². The molecular formula is C24H22N4O4. The molecule has 0 aliphatic rings. The van der Waals surface area contributed by atoms with Crippen molar-refractivity contribution >= 4 is 11.9 Å². The van der Waals surface area contributed by atoms with Gasteiger partial charge in [-0.3, -0.25) is 14.7 Å². The number of carboxylic acids is 1. The molecule has 2 heterocycles. The molecule has 8 nitrogen and oxygen atoms in total. The van der Waals surface area contributed by atoms with Crippen LogP contribution < -0.4 is 0 Å². The Kier molecular flexibility index (Phi) is 6.12. The van der Waals surface area contributed by atoms with Gasteiger partial charge in [-0.1, -0.05) is 60.7 Å². The molecule has 0 saturated heterocycles. The van der Waals surface area contributed by atoms with Gasteiger partial charge in [0.25, 0.3) is 0 Å². The first-order chi connectivity index (χ1) is 15.6. The lowest BCUT2D eigenvalue weighted by atomic mass is 10.1. The second-order valence-corrected chi connectivity index (χ2v) is 7.12. The minimum atomic E-state index is -0.991. The van der Waals surface area contributed by atoms with Crippen LogP contribution in [0.1, 0.15) is 18.3 Å². The number of carboxylic acid groups (broad SMARTS) is 1. The Morgan fingerprint density at radius 2 is 1.66 bits per heavy atom. The topological polar surface area (TPSA) is 110 Å². The molecule has 0 fully saturated rings. The van der Waals surface area contributed by atoms with Crippen molar-refractivity contribution in [1.29, 1.82) is 0 Å². The van der Waals surface area contributed by atoms with E-state index < -0.39 is 5.97 Å². The number of hydrogen-bond acceptors (Lipinski definition) is 5. The minimum absolute atomic E-state index is 0.00740. The third-order valence-corrected chi connectivity index (χ3v) is 4.86. The first kappa shape index (κ1) is 21.0. The quantitative estimate of drug-likeness (QED) is 0.413. The van der Waals surface area contributed by atoms with Crippen LogP contribution >= 0.6 is 0 Å². The number of aliphatic carboxylic acids is 1. The molecule has 0 bridgehead atoms. The Morgan fingerprint density at radius 1 is 1.00 bits per heavy atom. The van der Waals surface area contributed by atoms with Gasteiger partial charge < -0.3 is 9.84 Å². The van der Waals surface area contributed by atoms with Crippen LogP contribution in [-0.2, 0) is 27.2 Å². The standard InChI is InChI=1S/C24H22N4O4/c1-2-32-22(31)14-18-13-20(16-9-5-3-6-10-16)28(27-18)24-19(15-21(29)30)25-26-23(24)17-11-7-4-8-12-17/h3-13H,2,14-15H2,1H3,(H,25,26)(H,29,30). The number of esters is 1. The first-order valence-corrected chi connectivity index (χ1v) is 10.2. The lowest BCUT2D eigenvalue weighted by Gasteiger charge is -2.10. The lowest BCUT2D eigenvalue weighted by Crippen LogP contribution is -2.10. The Hall–Kier alpha value is -4.20. The highest BCUT2D eigenvalue weighted by Gasteiger charge is 2.23. The zero-order valence-corrected chi connectivity index (χ0v) is 17.5. The molecule has 0 radical (unpaired) electrons. The van der Waals surface area contributed by atoms with Crippen molar-refractivity contribution in [2.75, 3.05) is 6.61 Å². The molecular weight excluding hydrogens is 408 g/mol. The molecule has 0 unspecified atom stereocenters. The van der Waals surface area contributed by atoms with Gasteiger partial charge in [-0.25, -0.2) is 4.68 Å². The van der Waals surface area contributed by atoms with E-state index in [9.17, 15) is 14.7 Å². The van der Waals surface area contributed by atoms with E-state index in [1.54, 1.807) is 11.6 Å². The molecule has 2 aromatic carbocycles. The van der Waals surface area contributed by atoms with Gasteiger partial charge in [-0.15, -0.1) is 0 Å². The fraction of sp³-hybridized carbons (Fsp3) is 0.167. The number of carbonyl (C=O) groups excluding carboxylic acids is 1. The number of nitrogens with one attached hydrogen (secondary N) is 1. The van der Waals surface area contributed by atoms with E-state index in [0.717, 1.165) is 16.8 Å². The first-order valence-electron chi connectivity index (χ1n) is 10.2. The van der Waals surface area contributed by atoms with Crippen LogP contribution in [0.5, 0.6) is 0 Å². The lowest BCUT2D eigenvalue weighted by molar-refractivity contribution is -0.142. The second kappa shape index (κ2) is 9.30. The van der Waals surface area contributed by atoms with Gasteiger partial charge in [0, 0.05) is 11.1 Å². The van der Waals surface area contributed by atoms with Gasteiger partial charge in [0.05, 0.1) is 36.5 Å². The predicted octanol–water partition coefficient (Wildman–Crippen LogP) is 3.66. The summed E-state index contributed by atoms with van der Waals surface area (Å²) in [5, 5.41) is 21.4. The van der Waals surface area contributed by atoms with Crippen molar-refractivity contribution in [3.63, 3.8) is 0 Å². The number of hydrogen-bond donors (Lipinski definition) is 2. The number of ether oxygens (including phenoxy) is 1. The molecule has 4 aromatic rings. The molecule has 2 N–H and O–H groups in total. The van der Waals surface area contributed by atoms with E-state index in [2.05, 4.69) is 15.3 Å². The monoisotopic (exact) mass is 430 g/mol. The van der Waals surface area contributed by atoms with E-state index in [0.29, 0.717) is 22.8 Å². The van der Waals surface area contributed by atoms with Crippen LogP contribution in [-0.4, -0.2) is 43.6 Å². The van der Waals surface area contributed by atoms with Crippen molar-refractivity contribution in [2.45, 2.75) is 19.8 Å². The maximum Gasteiger partial charge on any atom is 0.311 e. The van der Waals surface area contributed by atoms with Crippen LogP contribution in [0.4, 0.5) is 0 Å². The van der Waals surface area contributed by atoms with Crippen molar-refractivity contribution in [1.82, 2.24) is 20.0 Å². The summed E-state index contributed by atoms with van der Waals surface area (Å²) in [5.41, 5.74) is 4.45. The summed E-state index contributed by atoms with van der Waals surface area (Å²) in [5.74, 6) is -1.37. The van der Waals surface area contributed by atoms with Gasteiger partial charge >= 0.3 is 11.9 Å². The molecule has 0 aliphatic heterocycles. The van der Waals surface area contributed by atoms with Crippen LogP contribution in [0.15, 0.2) is 66.7 Å². The summed E-state index contributed by atoms with van der Waals surface area (Å²) in [4.78, 5) is 23.6. The number of benzene rings is 2. The van der Waals surface area contributed by atoms with Gasteiger partial charge in [0.1, 0.15) is 11.4 Å². The number of aromatic amines is 1. The van der Waals surface area contributed by atoms with Crippen LogP contribution in [0.3, 0.4) is 0 Å². The Bertz CT molecular complexity index is 1230. The molecule has 162 valence electrons. The fourth-order valence-electron chi connectivity index (χ4n) is 3.53. The van der Waals surface area contributed by atoms with Gasteiger partial charge in [-0.05, 0) is 13.0 Å². The molecule has 0 aliphatic carbocycles. The Morgan fingerprint density at radius 3 is 2.28 bits per heavy atom. The van der Waals surface area contributed by atoms with Gasteiger partial charge in [0.2, 0.25) is 0 Å². The zero-order valence-electron chi connectivity index (χ0n) is 17.5. The normalized spacial score (nSPS) is 10.8. The smallest absolute Gasteiger partial charge is 0.311 e. The molecule has 0 atom stereocenters. The number of rotatable bonds is 8. The highest BCUT2D eigenvalue weighted by atomic mass is 16.5. The number of carbonyl (C=O) groups is 2. The molecule has 4 rings (SSSR count). The zero-order chi connectivity index (χ0) is 22.5. The third-order valence-electron chi connectivity index (χ3n) is 4.86. The maximum absolute atomic E-state index is 12.1. The third kappa shape index (κ3) is 4.44.